The van der Waals surface area contributed by atoms with Crippen molar-refractivity contribution in [3.63, 3.8) is 0 Å². The molecule has 2 N–H and O–H groups in total. The maximum absolute atomic E-state index is 12.5. The molecule has 0 aliphatic carbocycles. The zero-order chi connectivity index (χ0) is 20.5. The summed E-state index contributed by atoms with van der Waals surface area (Å²) in [5.41, 5.74) is 0.444. The average Bonchev–Trinajstić information content (AvgIpc) is 3.01. The van der Waals surface area contributed by atoms with Crippen LogP contribution in [0.1, 0.15) is 0 Å². The summed E-state index contributed by atoms with van der Waals surface area (Å²) in [6, 6.07) is 12.7. The van der Waals surface area contributed by atoms with E-state index < -0.39 is 20.0 Å². The first kappa shape index (κ1) is 21.4. The molecular formula is C16H11BrCl2N2O4S3. The monoisotopic (exact) mass is 540 g/mol. The molecule has 0 atom stereocenters. The Labute approximate surface area is 184 Å². The molecule has 6 nitrogen and oxygen atoms in total. The van der Waals surface area contributed by atoms with Gasteiger partial charge in [0.2, 0.25) is 0 Å². The molecule has 0 fully saturated rings. The van der Waals surface area contributed by atoms with E-state index in [2.05, 4.69) is 25.4 Å². The van der Waals surface area contributed by atoms with Gasteiger partial charge < -0.3 is 0 Å². The highest BCUT2D eigenvalue weighted by Gasteiger charge is 2.18. The van der Waals surface area contributed by atoms with E-state index in [4.69, 9.17) is 23.2 Å². The number of anilines is 2. The van der Waals surface area contributed by atoms with Crippen molar-refractivity contribution in [2.45, 2.75) is 9.10 Å². The predicted molar refractivity (Wildman–Crippen MR) is 117 cm³/mol. The summed E-state index contributed by atoms with van der Waals surface area (Å²) in [7, 11) is -7.66. The molecule has 1 heterocycles. The summed E-state index contributed by atoms with van der Waals surface area (Å²) in [6.07, 6.45) is 0. The topological polar surface area (TPSA) is 92.3 Å². The highest BCUT2D eigenvalue weighted by atomic mass is 79.9. The number of halogens is 3. The zero-order valence-corrected chi connectivity index (χ0v) is 19.2. The molecule has 12 heteroatoms. The Kier molecular flexibility index (Phi) is 6.28. The number of hydrogen-bond donors (Lipinski definition) is 2. The van der Waals surface area contributed by atoms with Crippen molar-refractivity contribution in [1.29, 1.82) is 0 Å². The molecule has 0 bridgehead atoms. The van der Waals surface area contributed by atoms with Crippen LogP contribution >= 0.6 is 50.5 Å². The molecule has 3 aromatic rings. The molecular weight excluding hydrogens is 531 g/mol. The second kappa shape index (κ2) is 8.21. The Hall–Kier alpha value is -1.30. The fourth-order valence-corrected chi connectivity index (χ4v) is 6.81. The SMILES string of the molecule is O=S(=O)(Nc1cc(Cl)cc(Cl)c1)c1ccc(NS(=O)(=O)c2ccc(Br)s2)cc1. The van der Waals surface area contributed by atoms with Crippen LogP contribution in [0.3, 0.4) is 0 Å². The maximum Gasteiger partial charge on any atom is 0.271 e. The van der Waals surface area contributed by atoms with Crippen molar-refractivity contribution in [2.24, 2.45) is 0 Å². The predicted octanol–water partition coefficient (Wildman–Crippen LogP) is 5.42. The standard InChI is InChI=1S/C16H11BrCl2N2O4S3/c17-15-5-6-16(26-15)28(24,25)20-12-1-3-14(4-2-12)27(22,23)21-13-8-10(18)7-11(19)9-13/h1-9,20-21H. The lowest BCUT2D eigenvalue weighted by Crippen LogP contribution is -2.14. The van der Waals surface area contributed by atoms with E-state index in [1.807, 2.05) is 0 Å². The fourth-order valence-electron chi connectivity index (χ4n) is 2.18. The first-order valence-corrected chi connectivity index (χ1v) is 12.8. The van der Waals surface area contributed by atoms with E-state index in [-0.39, 0.29) is 30.5 Å². The number of rotatable bonds is 6. The number of benzene rings is 2. The molecule has 1 aromatic heterocycles. The maximum atomic E-state index is 12.5. The van der Waals surface area contributed by atoms with Gasteiger partial charge in [-0.25, -0.2) is 16.8 Å². The average molecular weight is 542 g/mol. The van der Waals surface area contributed by atoms with Gasteiger partial charge in [-0.15, -0.1) is 11.3 Å². The lowest BCUT2D eigenvalue weighted by Gasteiger charge is -2.10. The molecule has 0 aliphatic heterocycles. The van der Waals surface area contributed by atoms with E-state index in [1.54, 1.807) is 6.07 Å². The van der Waals surface area contributed by atoms with Gasteiger partial charge in [0.15, 0.2) is 0 Å². The van der Waals surface area contributed by atoms with E-state index in [9.17, 15) is 16.8 Å². The van der Waals surface area contributed by atoms with Crippen LogP contribution in [0, 0.1) is 0 Å². The fraction of sp³-hybridized carbons (Fsp3) is 0. The molecule has 0 spiro atoms. The molecule has 0 radical (unpaired) electrons. The summed E-state index contributed by atoms with van der Waals surface area (Å²) >= 11 is 16.0. The summed E-state index contributed by atoms with van der Waals surface area (Å²) in [6.45, 7) is 0. The molecule has 2 aromatic carbocycles. The van der Waals surface area contributed by atoms with Crippen molar-refractivity contribution in [3.05, 3.63) is 68.4 Å². The van der Waals surface area contributed by atoms with Crippen LogP contribution in [-0.2, 0) is 20.0 Å². The van der Waals surface area contributed by atoms with E-state index in [0.717, 1.165) is 11.3 Å². The third kappa shape index (κ3) is 5.19. The minimum atomic E-state index is -3.90. The van der Waals surface area contributed by atoms with Gasteiger partial charge in [-0.05, 0) is 70.5 Å². The van der Waals surface area contributed by atoms with Crippen molar-refractivity contribution < 1.29 is 16.8 Å². The van der Waals surface area contributed by atoms with Gasteiger partial charge in [-0.3, -0.25) is 9.44 Å². The number of thiophene rings is 1. The quantitative estimate of drug-likeness (QED) is 0.436. The van der Waals surface area contributed by atoms with Gasteiger partial charge in [0, 0.05) is 15.7 Å². The van der Waals surface area contributed by atoms with Gasteiger partial charge in [0.25, 0.3) is 20.0 Å². The molecule has 0 saturated carbocycles. The summed E-state index contributed by atoms with van der Waals surface area (Å²) in [5.74, 6) is 0. The van der Waals surface area contributed by atoms with Crippen LogP contribution in [0.2, 0.25) is 10.0 Å². The van der Waals surface area contributed by atoms with Gasteiger partial charge in [-0.1, -0.05) is 23.2 Å². The minimum absolute atomic E-state index is 0.0505. The van der Waals surface area contributed by atoms with Gasteiger partial charge in [0.05, 0.1) is 14.4 Å². The Morgan fingerprint density at radius 2 is 1.32 bits per heavy atom. The van der Waals surface area contributed by atoms with Crippen LogP contribution in [-0.4, -0.2) is 16.8 Å². The van der Waals surface area contributed by atoms with Gasteiger partial charge in [-0.2, -0.15) is 0 Å². The summed E-state index contributed by atoms with van der Waals surface area (Å²) in [5, 5.41) is 0.574. The molecule has 0 aliphatic rings. The van der Waals surface area contributed by atoms with Crippen molar-refractivity contribution in [3.8, 4) is 0 Å². The Balaban J connectivity index is 1.79. The minimum Gasteiger partial charge on any atom is -0.280 e. The number of hydrogen-bond acceptors (Lipinski definition) is 5. The Morgan fingerprint density at radius 3 is 1.86 bits per heavy atom. The summed E-state index contributed by atoms with van der Waals surface area (Å²) < 4.78 is 55.3. The Morgan fingerprint density at radius 1 is 0.750 bits per heavy atom. The third-order valence-electron chi connectivity index (χ3n) is 3.35. The van der Waals surface area contributed by atoms with Crippen molar-refractivity contribution >= 4 is 81.9 Å². The van der Waals surface area contributed by atoms with Crippen LogP contribution in [0.25, 0.3) is 0 Å². The lowest BCUT2D eigenvalue weighted by molar-refractivity contribution is 0.600. The van der Waals surface area contributed by atoms with E-state index >= 15 is 0 Å². The van der Waals surface area contributed by atoms with E-state index in [0.29, 0.717) is 3.79 Å². The van der Waals surface area contributed by atoms with Gasteiger partial charge in [0.1, 0.15) is 4.21 Å². The van der Waals surface area contributed by atoms with Crippen LogP contribution in [0.5, 0.6) is 0 Å². The zero-order valence-electron chi connectivity index (χ0n) is 13.7. The van der Waals surface area contributed by atoms with Crippen LogP contribution in [0.4, 0.5) is 11.4 Å². The van der Waals surface area contributed by atoms with Crippen LogP contribution in [0.15, 0.2) is 67.5 Å². The third-order valence-corrected chi connectivity index (χ3v) is 8.68. The molecule has 0 unspecified atom stereocenters. The van der Waals surface area contributed by atoms with Gasteiger partial charge >= 0.3 is 0 Å². The summed E-state index contributed by atoms with van der Waals surface area (Å²) in [4.78, 5) is -0.0505. The van der Waals surface area contributed by atoms with E-state index in [1.165, 1.54) is 48.5 Å². The molecule has 28 heavy (non-hydrogen) atoms. The first-order chi connectivity index (χ1) is 13.0. The van der Waals surface area contributed by atoms with Crippen molar-refractivity contribution in [1.82, 2.24) is 0 Å². The highest BCUT2D eigenvalue weighted by molar-refractivity contribution is 9.11. The normalized spacial score (nSPS) is 12.0. The second-order valence-corrected chi connectivity index (χ2v) is 12.4. The lowest BCUT2D eigenvalue weighted by atomic mass is 10.3. The first-order valence-electron chi connectivity index (χ1n) is 7.42. The van der Waals surface area contributed by atoms with Crippen molar-refractivity contribution in [2.75, 3.05) is 9.44 Å². The highest BCUT2D eigenvalue weighted by Crippen LogP contribution is 2.28. The molecule has 0 saturated heterocycles. The number of nitrogens with one attached hydrogen (secondary N) is 2. The van der Waals surface area contributed by atoms with Crippen LogP contribution < -0.4 is 9.44 Å². The molecule has 3 rings (SSSR count). The Bertz CT molecular complexity index is 1210. The largest absolute Gasteiger partial charge is 0.280 e. The molecule has 148 valence electrons. The number of sulfonamides is 2. The smallest absolute Gasteiger partial charge is 0.271 e. The molecule has 0 amide bonds. The second-order valence-electron chi connectivity index (χ2n) is 5.45.